The van der Waals surface area contributed by atoms with E-state index in [9.17, 15) is 27.9 Å². The van der Waals surface area contributed by atoms with Crippen LogP contribution in [0, 0.1) is 0 Å². The average Bonchev–Trinajstić information content (AvgIpc) is 2.70. The zero-order valence-electron chi connectivity index (χ0n) is 15.5. The number of benzene rings is 2. The Hall–Kier alpha value is -4.28. The van der Waals surface area contributed by atoms with Crippen LogP contribution in [-0.4, -0.2) is 27.2 Å². The van der Waals surface area contributed by atoms with E-state index >= 15 is 0 Å². The van der Waals surface area contributed by atoms with E-state index in [2.05, 4.69) is 15.6 Å². The van der Waals surface area contributed by atoms with Crippen LogP contribution in [0.1, 0.15) is 16.1 Å². The number of nitrogens with zero attached hydrogens (tertiary/aromatic N) is 1. The first kappa shape index (κ1) is 21.4. The highest BCUT2D eigenvalue weighted by molar-refractivity contribution is 5.99. The fourth-order valence-electron chi connectivity index (χ4n) is 2.47. The van der Waals surface area contributed by atoms with Crippen LogP contribution < -0.4 is 15.4 Å². The number of carbonyl (C=O) groups is 2. The lowest BCUT2D eigenvalue weighted by atomic mass is 10.1. The maximum Gasteiger partial charge on any atom is 0.420 e. The number of aromatic nitrogens is 1. The summed E-state index contributed by atoms with van der Waals surface area (Å²) in [6, 6.07) is 10.4. The van der Waals surface area contributed by atoms with E-state index in [4.69, 9.17) is 9.84 Å². The number of hydrogen-bond acceptors (Lipinski definition) is 5. The van der Waals surface area contributed by atoms with Crippen LogP contribution in [0.3, 0.4) is 0 Å². The first-order chi connectivity index (χ1) is 14.6. The van der Waals surface area contributed by atoms with Gasteiger partial charge in [0.25, 0.3) is 0 Å². The Morgan fingerprint density at radius 3 is 2.19 bits per heavy atom. The number of amides is 2. The molecule has 0 spiro atoms. The van der Waals surface area contributed by atoms with Crippen LogP contribution in [0.5, 0.6) is 17.2 Å². The largest absolute Gasteiger partial charge is 0.507 e. The molecule has 0 radical (unpaired) electrons. The van der Waals surface area contributed by atoms with Gasteiger partial charge in [-0.25, -0.2) is 14.6 Å². The zero-order valence-corrected chi connectivity index (χ0v) is 15.5. The summed E-state index contributed by atoms with van der Waals surface area (Å²) in [5.74, 6) is -1.55. The van der Waals surface area contributed by atoms with Crippen molar-refractivity contribution in [1.29, 1.82) is 0 Å². The van der Waals surface area contributed by atoms with Crippen molar-refractivity contribution >= 4 is 23.4 Å². The Morgan fingerprint density at radius 1 is 0.903 bits per heavy atom. The number of phenols is 1. The molecule has 0 saturated heterocycles. The highest BCUT2D eigenvalue weighted by Crippen LogP contribution is 2.37. The van der Waals surface area contributed by atoms with Gasteiger partial charge >= 0.3 is 18.2 Å². The van der Waals surface area contributed by atoms with Crippen molar-refractivity contribution in [2.24, 2.45) is 0 Å². The quantitative estimate of drug-likeness (QED) is 0.423. The molecule has 0 aliphatic rings. The van der Waals surface area contributed by atoms with Gasteiger partial charge in [0.15, 0.2) is 5.69 Å². The molecular weight excluding hydrogens is 419 g/mol. The number of urea groups is 1. The fraction of sp³-hybridized carbons (Fsp3) is 0.0500. The molecule has 2 amide bonds. The summed E-state index contributed by atoms with van der Waals surface area (Å²) < 4.78 is 44.0. The van der Waals surface area contributed by atoms with Crippen LogP contribution in [0.4, 0.5) is 29.3 Å². The maximum absolute atomic E-state index is 12.8. The van der Waals surface area contributed by atoms with Crippen LogP contribution in [-0.2, 0) is 6.18 Å². The third-order valence-electron chi connectivity index (χ3n) is 3.86. The van der Waals surface area contributed by atoms with Crippen LogP contribution in [0.2, 0.25) is 0 Å². The number of carboxylic acids is 1. The molecule has 11 heteroatoms. The second-order valence-corrected chi connectivity index (χ2v) is 6.12. The normalized spacial score (nSPS) is 10.9. The van der Waals surface area contributed by atoms with E-state index in [1.807, 2.05) is 0 Å². The molecule has 0 aliphatic carbocycles. The number of ether oxygens (including phenoxy) is 1. The molecule has 2 aromatic carbocycles. The number of anilines is 2. The SMILES string of the molecule is O=C(Nc1ccc(Oc2ccnc(C(=O)O)c2)cc1)Nc1ccc(O)c(C(F)(F)F)c1. The monoisotopic (exact) mass is 433 g/mol. The molecule has 0 unspecified atom stereocenters. The number of aromatic carboxylic acids is 1. The lowest BCUT2D eigenvalue weighted by Gasteiger charge is -2.12. The van der Waals surface area contributed by atoms with Crippen LogP contribution in [0.25, 0.3) is 0 Å². The summed E-state index contributed by atoms with van der Waals surface area (Å²) in [5, 5.41) is 22.9. The van der Waals surface area contributed by atoms with Crippen molar-refractivity contribution in [3.63, 3.8) is 0 Å². The maximum atomic E-state index is 12.8. The topological polar surface area (TPSA) is 121 Å². The second kappa shape index (κ2) is 8.61. The van der Waals surface area contributed by atoms with Gasteiger partial charge in [-0.3, -0.25) is 0 Å². The van der Waals surface area contributed by atoms with Gasteiger partial charge < -0.3 is 25.6 Å². The molecule has 0 aliphatic heterocycles. The van der Waals surface area contributed by atoms with Gasteiger partial charge in [-0.2, -0.15) is 13.2 Å². The molecule has 3 aromatic rings. The first-order valence-electron chi connectivity index (χ1n) is 8.57. The van der Waals surface area contributed by atoms with Gasteiger partial charge in [-0.15, -0.1) is 0 Å². The fourth-order valence-corrected chi connectivity index (χ4v) is 2.47. The van der Waals surface area contributed by atoms with Crippen molar-refractivity contribution in [3.8, 4) is 17.2 Å². The average molecular weight is 433 g/mol. The highest BCUT2D eigenvalue weighted by Gasteiger charge is 2.34. The second-order valence-electron chi connectivity index (χ2n) is 6.12. The summed E-state index contributed by atoms with van der Waals surface area (Å²) in [5.41, 5.74) is -1.29. The van der Waals surface area contributed by atoms with Gasteiger partial charge in [-0.05, 0) is 48.5 Å². The lowest BCUT2D eigenvalue weighted by molar-refractivity contribution is -0.138. The molecule has 1 aromatic heterocycles. The summed E-state index contributed by atoms with van der Waals surface area (Å²) in [7, 11) is 0. The van der Waals surface area contributed by atoms with Gasteiger partial charge in [0.2, 0.25) is 0 Å². The molecule has 31 heavy (non-hydrogen) atoms. The number of pyridine rings is 1. The Labute approximate surface area is 172 Å². The smallest absolute Gasteiger partial charge is 0.420 e. The van der Waals surface area contributed by atoms with E-state index in [1.54, 1.807) is 0 Å². The third-order valence-corrected chi connectivity index (χ3v) is 3.86. The molecule has 0 atom stereocenters. The predicted molar refractivity (Wildman–Crippen MR) is 103 cm³/mol. The molecule has 1 heterocycles. The standard InChI is InChI=1S/C20H14F3N3O5/c21-20(22,23)15-9-12(3-6-17(15)27)26-19(30)25-11-1-4-13(5-2-11)31-14-7-8-24-16(10-14)18(28)29/h1-10,27H,(H,28,29)(H2,25,26,30). The molecule has 160 valence electrons. The van der Waals surface area contributed by atoms with Crippen molar-refractivity contribution in [1.82, 2.24) is 4.98 Å². The Kier molecular flexibility index (Phi) is 5.95. The summed E-state index contributed by atoms with van der Waals surface area (Å²) in [4.78, 5) is 26.7. The van der Waals surface area contributed by atoms with E-state index < -0.39 is 29.5 Å². The highest BCUT2D eigenvalue weighted by atomic mass is 19.4. The van der Waals surface area contributed by atoms with Crippen LogP contribution >= 0.6 is 0 Å². The van der Waals surface area contributed by atoms with Crippen molar-refractivity contribution in [2.45, 2.75) is 6.18 Å². The van der Waals surface area contributed by atoms with Gasteiger partial charge in [-0.1, -0.05) is 0 Å². The Bertz CT molecular complexity index is 1120. The van der Waals surface area contributed by atoms with Crippen LogP contribution in [0.15, 0.2) is 60.8 Å². The zero-order chi connectivity index (χ0) is 22.6. The third kappa shape index (κ3) is 5.63. The molecule has 0 fully saturated rings. The number of aromatic hydroxyl groups is 1. The predicted octanol–water partition coefficient (Wildman–Crippen LogP) is 4.94. The minimum atomic E-state index is -4.77. The number of alkyl halides is 3. The molecule has 4 N–H and O–H groups in total. The molecule has 8 nitrogen and oxygen atoms in total. The van der Waals surface area contributed by atoms with E-state index in [1.165, 1.54) is 42.6 Å². The molecular formula is C20H14F3N3O5. The minimum Gasteiger partial charge on any atom is -0.507 e. The minimum absolute atomic E-state index is 0.158. The molecule has 0 saturated carbocycles. The Balaban J connectivity index is 1.63. The van der Waals surface area contributed by atoms with E-state index in [-0.39, 0.29) is 17.1 Å². The van der Waals surface area contributed by atoms with Crippen molar-refractivity contribution in [2.75, 3.05) is 10.6 Å². The number of rotatable bonds is 5. The van der Waals surface area contributed by atoms with E-state index in [0.717, 1.165) is 12.1 Å². The summed E-state index contributed by atoms with van der Waals surface area (Å²) in [6.45, 7) is 0. The number of nitrogens with one attached hydrogen (secondary N) is 2. The van der Waals surface area contributed by atoms with Gasteiger partial charge in [0, 0.05) is 23.6 Å². The van der Waals surface area contributed by atoms with Gasteiger partial charge in [0.05, 0.1) is 5.56 Å². The van der Waals surface area contributed by atoms with Crippen molar-refractivity contribution < 1.29 is 37.7 Å². The van der Waals surface area contributed by atoms with Gasteiger partial charge in [0.1, 0.15) is 17.2 Å². The number of hydrogen-bond donors (Lipinski definition) is 4. The Morgan fingerprint density at radius 2 is 1.55 bits per heavy atom. The summed E-state index contributed by atoms with van der Waals surface area (Å²) in [6.07, 6.45) is -3.49. The summed E-state index contributed by atoms with van der Waals surface area (Å²) >= 11 is 0. The molecule has 3 rings (SSSR count). The number of carbonyl (C=O) groups excluding carboxylic acids is 1. The number of carboxylic acid groups (broad SMARTS) is 1. The van der Waals surface area contributed by atoms with Crippen molar-refractivity contribution in [3.05, 3.63) is 72.1 Å². The number of phenolic OH excluding ortho intramolecular Hbond substituents is 1. The molecule has 0 bridgehead atoms. The number of halogens is 3. The first-order valence-corrected chi connectivity index (χ1v) is 8.57. The lowest BCUT2D eigenvalue weighted by Crippen LogP contribution is -2.19. The van der Waals surface area contributed by atoms with E-state index in [0.29, 0.717) is 17.5 Å².